The first-order valence-electron chi connectivity index (χ1n) is 15.9. The van der Waals surface area contributed by atoms with Crippen LogP contribution in [0.15, 0.2) is 60.8 Å². The van der Waals surface area contributed by atoms with E-state index in [0.29, 0.717) is 57.3 Å². The molecule has 0 radical (unpaired) electrons. The van der Waals surface area contributed by atoms with Crippen molar-refractivity contribution in [2.75, 3.05) is 19.6 Å². The second kappa shape index (κ2) is 15.2. The molecular weight excluding hydrogens is 570 g/mol. The largest absolute Gasteiger partial charge is 0.458 e. The fourth-order valence-electron chi connectivity index (χ4n) is 5.82. The Labute approximate surface area is 265 Å². The fraction of sp³-hybridized carbons (Fsp3) is 0.486. The molecule has 0 bridgehead atoms. The van der Waals surface area contributed by atoms with Gasteiger partial charge in [0.25, 0.3) is 5.91 Å². The van der Waals surface area contributed by atoms with Crippen LogP contribution in [-0.2, 0) is 19.1 Å². The van der Waals surface area contributed by atoms with Gasteiger partial charge in [-0.25, -0.2) is 4.79 Å². The summed E-state index contributed by atoms with van der Waals surface area (Å²) in [6, 6.07) is 15.1. The van der Waals surface area contributed by atoms with E-state index in [9.17, 15) is 19.2 Å². The van der Waals surface area contributed by atoms with Crippen molar-refractivity contribution in [3.05, 3.63) is 71.9 Å². The number of hydrogen-bond acceptors (Lipinski definition) is 6. The number of piperidine rings is 1. The maximum atomic E-state index is 14.0. The number of nitrogens with zero attached hydrogens (tertiary/aromatic N) is 1. The predicted octanol–water partition coefficient (Wildman–Crippen LogP) is 4.26. The highest BCUT2D eigenvalue weighted by molar-refractivity contribution is 5.95. The number of likely N-dealkylation sites (tertiary alicyclic amines) is 1. The minimum atomic E-state index is -0.958. The van der Waals surface area contributed by atoms with Crippen LogP contribution < -0.4 is 16.4 Å². The minimum Gasteiger partial charge on any atom is -0.458 e. The van der Waals surface area contributed by atoms with Crippen LogP contribution >= 0.6 is 0 Å². The molecule has 0 spiro atoms. The van der Waals surface area contributed by atoms with E-state index in [4.69, 9.17) is 10.5 Å². The lowest BCUT2D eigenvalue weighted by Crippen LogP contribution is -2.55. The summed E-state index contributed by atoms with van der Waals surface area (Å²) < 4.78 is 5.63. The fourth-order valence-corrected chi connectivity index (χ4v) is 5.82. The Bertz CT molecular complexity index is 1460. The molecule has 2 heterocycles. The van der Waals surface area contributed by atoms with Crippen molar-refractivity contribution in [3.63, 3.8) is 0 Å². The van der Waals surface area contributed by atoms with Gasteiger partial charge in [0.15, 0.2) is 0 Å². The van der Waals surface area contributed by atoms with E-state index in [1.54, 1.807) is 37.8 Å². The van der Waals surface area contributed by atoms with Gasteiger partial charge in [0.1, 0.15) is 17.7 Å². The van der Waals surface area contributed by atoms with Gasteiger partial charge in [-0.1, -0.05) is 43.3 Å². The standard InChI is InChI=1S/C35H47N5O5/c1-23(27-22-37-28-15-9-8-14-26(27)28)30(32(42)38-29(16-10-11-19-36)34(44)45-35(2,3)4)39-31(41)24-17-20-40(21-18-24)33(43)25-12-6-5-7-13-25/h5-9,12-15,22-24,29-30,37H,10-11,16-21,36H2,1-4H3,(H,38,42)(H,39,41). The number of H-pyrrole nitrogens is 1. The number of nitrogens with two attached hydrogens (primary N) is 1. The Morgan fingerprint density at radius 3 is 2.31 bits per heavy atom. The summed E-state index contributed by atoms with van der Waals surface area (Å²) in [5, 5.41) is 6.90. The van der Waals surface area contributed by atoms with Crippen LogP contribution in [0.5, 0.6) is 0 Å². The van der Waals surface area contributed by atoms with Gasteiger partial charge >= 0.3 is 5.97 Å². The number of carbonyl (C=O) groups excluding carboxylic acids is 4. The van der Waals surface area contributed by atoms with Crippen LogP contribution in [0.2, 0.25) is 0 Å². The highest BCUT2D eigenvalue weighted by atomic mass is 16.6. The molecule has 0 aliphatic carbocycles. The highest BCUT2D eigenvalue weighted by Gasteiger charge is 2.36. The van der Waals surface area contributed by atoms with Crippen LogP contribution in [0.4, 0.5) is 0 Å². The summed E-state index contributed by atoms with van der Waals surface area (Å²) >= 11 is 0. The first kappa shape index (κ1) is 33.7. The zero-order valence-electron chi connectivity index (χ0n) is 26.8. The Morgan fingerprint density at radius 1 is 0.978 bits per heavy atom. The molecule has 1 fully saturated rings. The van der Waals surface area contributed by atoms with Gasteiger partial charge in [-0.2, -0.15) is 0 Å². The predicted molar refractivity (Wildman–Crippen MR) is 174 cm³/mol. The summed E-state index contributed by atoms with van der Waals surface area (Å²) in [6.07, 6.45) is 4.54. The number of unbranched alkanes of at least 4 members (excludes halogenated alkanes) is 1. The van der Waals surface area contributed by atoms with Gasteiger partial charge in [0, 0.05) is 47.6 Å². The van der Waals surface area contributed by atoms with Crippen molar-refractivity contribution in [2.24, 2.45) is 11.7 Å². The number of nitrogens with one attached hydrogen (secondary N) is 3. The first-order valence-corrected chi connectivity index (χ1v) is 15.9. The maximum Gasteiger partial charge on any atom is 0.329 e. The molecule has 1 aromatic heterocycles. The number of para-hydroxylation sites is 1. The smallest absolute Gasteiger partial charge is 0.329 e. The van der Waals surface area contributed by atoms with Crippen molar-refractivity contribution in [1.29, 1.82) is 0 Å². The number of hydrogen-bond donors (Lipinski definition) is 4. The van der Waals surface area contributed by atoms with E-state index in [0.717, 1.165) is 16.5 Å². The Hall–Kier alpha value is -4.18. The molecule has 3 atom stereocenters. The summed E-state index contributed by atoms with van der Waals surface area (Å²) in [4.78, 5) is 58.8. The molecule has 1 aliphatic heterocycles. The number of esters is 1. The number of aromatic nitrogens is 1. The lowest BCUT2D eigenvalue weighted by molar-refractivity contribution is -0.159. The highest BCUT2D eigenvalue weighted by Crippen LogP contribution is 2.29. The second-order valence-corrected chi connectivity index (χ2v) is 12.9. The number of benzene rings is 2. The zero-order chi connectivity index (χ0) is 32.6. The van der Waals surface area contributed by atoms with Gasteiger partial charge in [-0.3, -0.25) is 14.4 Å². The van der Waals surface area contributed by atoms with Crippen molar-refractivity contribution in [3.8, 4) is 0 Å². The molecule has 1 saturated heterocycles. The lowest BCUT2D eigenvalue weighted by atomic mass is 9.90. The van der Waals surface area contributed by atoms with Crippen LogP contribution in [0.3, 0.4) is 0 Å². The summed E-state index contributed by atoms with van der Waals surface area (Å²) in [5.41, 5.74) is 7.39. The van der Waals surface area contributed by atoms with Crippen molar-refractivity contribution >= 4 is 34.6 Å². The monoisotopic (exact) mass is 617 g/mol. The number of amides is 3. The van der Waals surface area contributed by atoms with Gasteiger partial charge in [-0.15, -0.1) is 0 Å². The zero-order valence-corrected chi connectivity index (χ0v) is 26.8. The molecule has 3 amide bonds. The Kier molecular flexibility index (Phi) is 11.4. The third kappa shape index (κ3) is 8.94. The van der Waals surface area contributed by atoms with Crippen LogP contribution in [0.25, 0.3) is 10.9 Å². The van der Waals surface area contributed by atoms with Crippen LogP contribution in [0.1, 0.15) is 81.6 Å². The summed E-state index contributed by atoms with van der Waals surface area (Å²) in [6.45, 7) is 8.61. The van der Waals surface area contributed by atoms with E-state index >= 15 is 0 Å². The van der Waals surface area contributed by atoms with Crippen LogP contribution in [-0.4, -0.2) is 70.9 Å². The average Bonchev–Trinajstić information content (AvgIpc) is 3.46. The Balaban J connectivity index is 1.52. The third-order valence-electron chi connectivity index (χ3n) is 8.32. The van der Waals surface area contributed by atoms with E-state index in [1.807, 2.05) is 55.6 Å². The molecule has 3 aromatic rings. The molecular formula is C35H47N5O5. The van der Waals surface area contributed by atoms with Gasteiger partial charge in [-0.05, 0) is 83.2 Å². The maximum absolute atomic E-state index is 14.0. The van der Waals surface area contributed by atoms with Gasteiger partial charge < -0.3 is 31.0 Å². The average molecular weight is 618 g/mol. The number of ether oxygens (including phenoxy) is 1. The van der Waals surface area contributed by atoms with E-state index < -0.39 is 35.5 Å². The minimum absolute atomic E-state index is 0.0532. The number of aromatic amines is 1. The number of rotatable bonds is 12. The van der Waals surface area contributed by atoms with Crippen molar-refractivity contribution < 1.29 is 23.9 Å². The van der Waals surface area contributed by atoms with E-state index in [-0.39, 0.29) is 17.7 Å². The Morgan fingerprint density at radius 2 is 1.64 bits per heavy atom. The quantitative estimate of drug-likeness (QED) is 0.176. The summed E-state index contributed by atoms with van der Waals surface area (Å²) in [7, 11) is 0. The van der Waals surface area contributed by atoms with Crippen molar-refractivity contribution in [1.82, 2.24) is 20.5 Å². The number of carbonyl (C=O) groups is 4. The molecule has 2 aromatic carbocycles. The van der Waals surface area contributed by atoms with Crippen molar-refractivity contribution in [2.45, 2.75) is 83.4 Å². The molecule has 45 heavy (non-hydrogen) atoms. The topological polar surface area (TPSA) is 147 Å². The molecule has 3 unspecified atom stereocenters. The molecule has 0 saturated carbocycles. The molecule has 242 valence electrons. The van der Waals surface area contributed by atoms with E-state index in [2.05, 4.69) is 15.6 Å². The first-order chi connectivity index (χ1) is 21.5. The molecule has 4 rings (SSSR count). The molecule has 5 N–H and O–H groups in total. The molecule has 10 nitrogen and oxygen atoms in total. The van der Waals surface area contributed by atoms with E-state index in [1.165, 1.54) is 0 Å². The van der Waals surface area contributed by atoms with Gasteiger partial charge in [0.05, 0.1) is 0 Å². The lowest BCUT2D eigenvalue weighted by Gasteiger charge is -2.33. The second-order valence-electron chi connectivity index (χ2n) is 12.9. The number of fused-ring (bicyclic) bond motifs is 1. The molecule has 1 aliphatic rings. The molecule has 10 heteroatoms. The van der Waals surface area contributed by atoms with Gasteiger partial charge in [0.2, 0.25) is 11.8 Å². The SMILES string of the molecule is CC(c1c[nH]c2ccccc12)C(NC(=O)C1CCN(C(=O)c2ccccc2)CC1)C(=O)NC(CCCCN)C(=O)OC(C)(C)C. The van der Waals surface area contributed by atoms with Crippen LogP contribution in [0, 0.1) is 5.92 Å². The summed E-state index contributed by atoms with van der Waals surface area (Å²) in [5.74, 6) is -2.06. The normalized spacial score (nSPS) is 16.1. The third-order valence-corrected chi connectivity index (χ3v) is 8.32.